The molecular weight excluding hydrogens is 396 g/mol. The zero-order chi connectivity index (χ0) is 21.4. The van der Waals surface area contributed by atoms with Gasteiger partial charge in [0, 0.05) is 23.0 Å². The number of ether oxygens (including phenoxy) is 1. The van der Waals surface area contributed by atoms with Crippen LogP contribution in [0.2, 0.25) is 5.02 Å². The first-order chi connectivity index (χ1) is 14.5. The van der Waals surface area contributed by atoms with Gasteiger partial charge in [0.15, 0.2) is 0 Å². The van der Waals surface area contributed by atoms with Crippen molar-refractivity contribution in [1.82, 2.24) is 10.2 Å². The van der Waals surface area contributed by atoms with Crippen molar-refractivity contribution in [2.24, 2.45) is 0 Å². The van der Waals surface area contributed by atoms with Gasteiger partial charge in [-0.1, -0.05) is 41.9 Å². The van der Waals surface area contributed by atoms with Crippen LogP contribution >= 0.6 is 11.6 Å². The second-order valence-corrected chi connectivity index (χ2v) is 8.97. The number of hydrogen-bond acceptors (Lipinski definition) is 3. The Morgan fingerprint density at radius 2 is 1.77 bits per heavy atom. The van der Waals surface area contributed by atoms with Crippen molar-refractivity contribution >= 4 is 17.5 Å². The Morgan fingerprint density at radius 1 is 1.10 bits per heavy atom. The lowest BCUT2D eigenvalue weighted by molar-refractivity contribution is -0.122. The highest BCUT2D eigenvalue weighted by atomic mass is 35.5. The largest absolute Gasteiger partial charge is 0.494 e. The first-order valence-corrected chi connectivity index (χ1v) is 11.2. The second kappa shape index (κ2) is 10.8. The summed E-state index contributed by atoms with van der Waals surface area (Å²) < 4.78 is 5.67. The Labute approximate surface area is 185 Å². The average molecular weight is 429 g/mol. The number of likely N-dealkylation sites (N-methyl/N-ethyl adjacent to an activating group) is 1. The molecule has 162 valence electrons. The molecule has 0 heterocycles. The molecule has 5 heteroatoms. The van der Waals surface area contributed by atoms with Gasteiger partial charge in [0.2, 0.25) is 5.91 Å². The summed E-state index contributed by atoms with van der Waals surface area (Å²) >= 11 is 6.04. The van der Waals surface area contributed by atoms with E-state index in [0.717, 1.165) is 49.3 Å². The lowest BCUT2D eigenvalue weighted by atomic mass is 9.75. The van der Waals surface area contributed by atoms with Crippen LogP contribution in [-0.4, -0.2) is 43.1 Å². The zero-order valence-corrected chi connectivity index (χ0v) is 18.8. The molecule has 0 radical (unpaired) electrons. The molecule has 1 saturated carbocycles. The van der Waals surface area contributed by atoms with Crippen LogP contribution in [0.4, 0.5) is 0 Å². The zero-order valence-electron chi connectivity index (χ0n) is 18.1. The predicted octanol–water partition coefficient (Wildman–Crippen LogP) is 5.10. The minimum Gasteiger partial charge on any atom is -0.494 e. The van der Waals surface area contributed by atoms with Gasteiger partial charge in [-0.15, -0.1) is 0 Å². The van der Waals surface area contributed by atoms with E-state index in [0.29, 0.717) is 13.0 Å². The molecule has 0 unspecified atom stereocenters. The summed E-state index contributed by atoms with van der Waals surface area (Å²) in [6.45, 7) is 0.562. The molecule has 1 amide bonds. The number of rotatable bonds is 9. The van der Waals surface area contributed by atoms with Crippen molar-refractivity contribution in [2.75, 3.05) is 20.7 Å². The van der Waals surface area contributed by atoms with E-state index in [1.165, 1.54) is 5.56 Å². The summed E-state index contributed by atoms with van der Waals surface area (Å²) in [6.07, 6.45) is 6.42. The van der Waals surface area contributed by atoms with Gasteiger partial charge in [0.1, 0.15) is 5.75 Å². The standard InChI is InChI=1S/C25H33ClN2O2/c1-28(2)25(19-20-10-12-21(26)13-11-20)16-14-22(15-17-25)27-24(29)9-6-18-30-23-7-4-3-5-8-23/h3-5,7-8,10-13,22H,6,9,14-19H2,1-2H3,(H,27,29). The van der Waals surface area contributed by atoms with Crippen LogP contribution in [0.15, 0.2) is 54.6 Å². The Kier molecular flexibility index (Phi) is 8.17. The molecule has 4 nitrogen and oxygen atoms in total. The minimum absolute atomic E-state index is 0.131. The van der Waals surface area contributed by atoms with Gasteiger partial charge < -0.3 is 15.0 Å². The second-order valence-electron chi connectivity index (χ2n) is 8.53. The lowest BCUT2D eigenvalue weighted by Gasteiger charge is -2.45. The topological polar surface area (TPSA) is 41.6 Å². The van der Waals surface area contributed by atoms with Crippen LogP contribution in [0.25, 0.3) is 0 Å². The summed E-state index contributed by atoms with van der Waals surface area (Å²) in [5, 5.41) is 4.01. The smallest absolute Gasteiger partial charge is 0.220 e. The maximum atomic E-state index is 12.4. The van der Waals surface area contributed by atoms with Crippen molar-refractivity contribution in [3.05, 3.63) is 65.2 Å². The first kappa shape index (κ1) is 22.6. The molecule has 0 saturated heterocycles. The Bertz CT molecular complexity index is 785. The van der Waals surface area contributed by atoms with Gasteiger partial charge in [-0.25, -0.2) is 0 Å². The average Bonchev–Trinajstić information content (AvgIpc) is 2.75. The summed E-state index contributed by atoms with van der Waals surface area (Å²) in [5.41, 5.74) is 1.45. The van der Waals surface area contributed by atoms with Crippen molar-refractivity contribution in [2.45, 2.75) is 56.5 Å². The molecule has 2 aromatic carbocycles. The van der Waals surface area contributed by atoms with Crippen LogP contribution in [0.5, 0.6) is 5.75 Å². The number of nitrogens with zero attached hydrogens (tertiary/aromatic N) is 1. The molecular formula is C25H33ClN2O2. The summed E-state index contributed by atoms with van der Waals surface area (Å²) in [7, 11) is 4.34. The highest BCUT2D eigenvalue weighted by Gasteiger charge is 2.37. The molecule has 30 heavy (non-hydrogen) atoms. The molecule has 3 rings (SSSR count). The monoisotopic (exact) mass is 428 g/mol. The van der Waals surface area contributed by atoms with Gasteiger partial charge in [0.25, 0.3) is 0 Å². The molecule has 0 aliphatic heterocycles. The maximum Gasteiger partial charge on any atom is 0.220 e. The summed E-state index contributed by atoms with van der Waals surface area (Å²) in [5.74, 6) is 0.984. The number of halogens is 1. The number of benzene rings is 2. The Balaban J connectivity index is 1.41. The number of carbonyl (C=O) groups is 1. The van der Waals surface area contributed by atoms with Gasteiger partial charge >= 0.3 is 0 Å². The minimum atomic E-state index is 0.131. The third kappa shape index (κ3) is 6.48. The number of amides is 1. The predicted molar refractivity (Wildman–Crippen MR) is 123 cm³/mol. The molecule has 1 N–H and O–H groups in total. The van der Waals surface area contributed by atoms with Crippen LogP contribution in [-0.2, 0) is 11.2 Å². The van der Waals surface area contributed by atoms with E-state index in [4.69, 9.17) is 16.3 Å². The number of hydrogen-bond donors (Lipinski definition) is 1. The van der Waals surface area contributed by atoms with E-state index in [9.17, 15) is 4.79 Å². The van der Waals surface area contributed by atoms with Gasteiger partial charge in [-0.2, -0.15) is 0 Å². The Hall–Kier alpha value is -2.04. The summed E-state index contributed by atoms with van der Waals surface area (Å²) in [4.78, 5) is 14.7. The van der Waals surface area contributed by atoms with Crippen molar-refractivity contribution in [3.8, 4) is 5.75 Å². The van der Waals surface area contributed by atoms with E-state index in [1.807, 2.05) is 42.5 Å². The fourth-order valence-corrected chi connectivity index (χ4v) is 4.43. The van der Waals surface area contributed by atoms with Crippen LogP contribution in [0.3, 0.4) is 0 Å². The number of carbonyl (C=O) groups excluding carboxylic acids is 1. The highest BCUT2D eigenvalue weighted by Crippen LogP contribution is 2.35. The van der Waals surface area contributed by atoms with Crippen molar-refractivity contribution in [3.63, 3.8) is 0 Å². The molecule has 2 aromatic rings. The van der Waals surface area contributed by atoms with E-state index < -0.39 is 0 Å². The third-order valence-electron chi connectivity index (χ3n) is 6.24. The van der Waals surface area contributed by atoms with Gasteiger partial charge in [0.05, 0.1) is 6.61 Å². The fourth-order valence-electron chi connectivity index (χ4n) is 4.30. The quantitative estimate of drug-likeness (QED) is 0.565. The van der Waals surface area contributed by atoms with Gasteiger partial charge in [-0.3, -0.25) is 4.79 Å². The van der Waals surface area contributed by atoms with Crippen molar-refractivity contribution in [1.29, 1.82) is 0 Å². The first-order valence-electron chi connectivity index (χ1n) is 10.9. The summed E-state index contributed by atoms with van der Waals surface area (Å²) in [6, 6.07) is 18.2. The number of para-hydroxylation sites is 1. The highest BCUT2D eigenvalue weighted by molar-refractivity contribution is 6.30. The molecule has 0 spiro atoms. The third-order valence-corrected chi connectivity index (χ3v) is 6.49. The molecule has 1 fully saturated rings. The van der Waals surface area contributed by atoms with Crippen LogP contribution in [0.1, 0.15) is 44.1 Å². The maximum absolute atomic E-state index is 12.4. The fraction of sp³-hybridized carbons (Fsp3) is 0.480. The van der Waals surface area contributed by atoms with E-state index >= 15 is 0 Å². The number of nitrogens with one attached hydrogen (secondary N) is 1. The molecule has 0 aromatic heterocycles. The normalized spacial score (nSPS) is 21.4. The van der Waals surface area contributed by atoms with E-state index in [1.54, 1.807) is 0 Å². The lowest BCUT2D eigenvalue weighted by Crippen LogP contribution is -2.52. The van der Waals surface area contributed by atoms with E-state index in [2.05, 4.69) is 36.4 Å². The van der Waals surface area contributed by atoms with Gasteiger partial charge in [-0.05, 0) is 82.4 Å². The molecule has 0 bridgehead atoms. The van der Waals surface area contributed by atoms with Crippen LogP contribution in [0, 0.1) is 0 Å². The van der Waals surface area contributed by atoms with E-state index in [-0.39, 0.29) is 17.5 Å². The SMILES string of the molecule is CN(C)C1(Cc2ccc(Cl)cc2)CCC(NC(=O)CCCOc2ccccc2)CC1. The molecule has 0 atom stereocenters. The Morgan fingerprint density at radius 3 is 2.40 bits per heavy atom. The molecule has 1 aliphatic carbocycles. The molecule has 1 aliphatic rings. The van der Waals surface area contributed by atoms with Crippen LogP contribution < -0.4 is 10.1 Å². The van der Waals surface area contributed by atoms with Crippen molar-refractivity contribution < 1.29 is 9.53 Å².